The molecule has 0 N–H and O–H groups in total. The van der Waals surface area contributed by atoms with Gasteiger partial charge in [0.2, 0.25) is 11.0 Å². The SMILES string of the molecule is CCCCc1ccccc1N(CCSc1ccccc1)c1ccc2c(-c3ccccc3S(=O)(=O)[O-])c3ccc(=[N+](CCSc4ccccc4)c4ccccc4CCCC)cc-3oc2c1. The van der Waals surface area contributed by atoms with Crippen molar-refractivity contribution < 1.29 is 17.4 Å². The molecule has 1 heterocycles. The normalized spacial score (nSPS) is 12.2. The number of benzene rings is 7. The van der Waals surface area contributed by atoms with E-state index in [9.17, 15) is 13.0 Å². The van der Waals surface area contributed by atoms with Crippen LogP contribution in [0, 0.1) is 0 Å². The number of aryl methyl sites for hydroxylation is 2. The standard InChI is InChI=1S/C55H54N2O4S3/c1-3-5-19-41-21-13-16-28-50(41)56(35-37-62-45-23-9-7-10-24-45)43-31-33-47-52(39-43)61-53-40-44(32-34-48(53)55(47)49-27-15-18-30-54(49)64(58,59)60)57(36-38-63-46-25-11-8-12-26-46)51-29-17-14-22-42(51)20-6-4-2/h7-18,21-34,39-40H,3-6,19-20,35-38H2,1-2H3. The van der Waals surface area contributed by atoms with E-state index in [1.807, 2.05) is 47.8 Å². The van der Waals surface area contributed by atoms with E-state index in [2.05, 4.69) is 145 Å². The zero-order valence-electron chi connectivity index (χ0n) is 36.5. The van der Waals surface area contributed by atoms with E-state index >= 15 is 0 Å². The predicted octanol–water partition coefficient (Wildman–Crippen LogP) is 13.6. The number of unbranched alkanes of at least 4 members (excludes halogenated alkanes) is 2. The van der Waals surface area contributed by atoms with Crippen LogP contribution in [-0.2, 0) is 23.0 Å². The van der Waals surface area contributed by atoms with Crippen LogP contribution >= 0.6 is 23.5 Å². The van der Waals surface area contributed by atoms with Gasteiger partial charge < -0.3 is 13.9 Å². The fourth-order valence-electron chi connectivity index (χ4n) is 8.41. The molecule has 0 amide bonds. The van der Waals surface area contributed by atoms with Crippen LogP contribution < -0.4 is 14.8 Å². The van der Waals surface area contributed by atoms with Crippen molar-refractivity contribution in [3.63, 3.8) is 0 Å². The lowest BCUT2D eigenvalue weighted by atomic mass is 9.93. The van der Waals surface area contributed by atoms with E-state index in [1.54, 1.807) is 18.2 Å². The van der Waals surface area contributed by atoms with Crippen LogP contribution in [0.1, 0.15) is 50.7 Å². The minimum Gasteiger partial charge on any atom is -0.744 e. The first-order chi connectivity index (χ1) is 31.3. The molecule has 0 unspecified atom stereocenters. The van der Waals surface area contributed by atoms with Crippen LogP contribution in [-0.4, -0.2) is 37.6 Å². The fourth-order valence-corrected chi connectivity index (χ4v) is 10.8. The molecule has 8 rings (SSSR count). The Morgan fingerprint density at radius 3 is 1.97 bits per heavy atom. The van der Waals surface area contributed by atoms with Crippen molar-refractivity contribution >= 4 is 61.7 Å². The summed E-state index contributed by atoms with van der Waals surface area (Å²) in [6.07, 6.45) is 6.29. The van der Waals surface area contributed by atoms with Crippen LogP contribution in [0.2, 0.25) is 0 Å². The maximum Gasteiger partial charge on any atom is 0.209 e. The molecule has 0 bridgehead atoms. The van der Waals surface area contributed by atoms with Crippen molar-refractivity contribution in [2.75, 3.05) is 29.5 Å². The number of para-hydroxylation sites is 2. The van der Waals surface area contributed by atoms with Gasteiger partial charge in [-0.2, -0.15) is 4.58 Å². The summed E-state index contributed by atoms with van der Waals surface area (Å²) in [7, 11) is -4.83. The number of fused-ring (bicyclic) bond motifs is 2. The molecule has 0 atom stereocenters. The maximum atomic E-state index is 12.9. The Labute approximate surface area is 386 Å². The topological polar surface area (TPSA) is 76.6 Å². The van der Waals surface area contributed by atoms with E-state index < -0.39 is 10.1 Å². The number of hydrogen-bond acceptors (Lipinski definition) is 7. The molecule has 6 nitrogen and oxygen atoms in total. The summed E-state index contributed by atoms with van der Waals surface area (Å²) in [6, 6.07) is 57.2. The molecule has 6 aromatic rings. The quantitative estimate of drug-likeness (QED) is 0.0346. The van der Waals surface area contributed by atoms with Gasteiger partial charge in [0.25, 0.3) is 0 Å². The summed E-state index contributed by atoms with van der Waals surface area (Å²) in [5.41, 5.74) is 8.16. The third kappa shape index (κ3) is 10.7. The minimum atomic E-state index is -4.83. The zero-order valence-corrected chi connectivity index (χ0v) is 38.9. The first kappa shape index (κ1) is 45.0. The molecule has 0 radical (unpaired) electrons. The Kier molecular flexibility index (Phi) is 15.0. The second-order valence-electron chi connectivity index (χ2n) is 15.9. The largest absolute Gasteiger partial charge is 0.744 e. The van der Waals surface area contributed by atoms with Crippen LogP contribution in [0.15, 0.2) is 189 Å². The summed E-state index contributed by atoms with van der Waals surface area (Å²) in [4.78, 5) is 4.56. The van der Waals surface area contributed by atoms with Crippen LogP contribution in [0.4, 0.5) is 17.1 Å². The molecular weight excluding hydrogens is 849 g/mol. The highest BCUT2D eigenvalue weighted by Gasteiger charge is 2.25. The predicted molar refractivity (Wildman–Crippen MR) is 267 cm³/mol. The zero-order chi connectivity index (χ0) is 44.3. The van der Waals surface area contributed by atoms with E-state index in [1.165, 1.54) is 27.0 Å². The number of hydrogen-bond donors (Lipinski definition) is 0. The highest BCUT2D eigenvalue weighted by molar-refractivity contribution is 7.99. The van der Waals surface area contributed by atoms with Gasteiger partial charge in [-0.15, -0.1) is 23.5 Å². The molecule has 1 aliphatic heterocycles. The van der Waals surface area contributed by atoms with Gasteiger partial charge in [-0.1, -0.05) is 118 Å². The highest BCUT2D eigenvalue weighted by Crippen LogP contribution is 2.44. The van der Waals surface area contributed by atoms with Gasteiger partial charge >= 0.3 is 0 Å². The molecule has 0 saturated carbocycles. The van der Waals surface area contributed by atoms with Crippen LogP contribution in [0.5, 0.6) is 0 Å². The average Bonchev–Trinajstić information content (AvgIpc) is 3.32. The highest BCUT2D eigenvalue weighted by atomic mass is 32.2. The van der Waals surface area contributed by atoms with Gasteiger partial charge in [0.05, 0.1) is 16.7 Å². The molecule has 0 aromatic heterocycles. The smallest absolute Gasteiger partial charge is 0.209 e. The molecule has 0 fully saturated rings. The molecule has 0 spiro atoms. The fraction of sp³-hybridized carbons (Fsp3) is 0.218. The van der Waals surface area contributed by atoms with Gasteiger partial charge in [-0.05, 0) is 85.8 Å². The number of thioether (sulfide) groups is 2. The number of rotatable bonds is 19. The Hall–Kier alpha value is -5.58. The lowest BCUT2D eigenvalue weighted by Crippen LogP contribution is -2.28. The van der Waals surface area contributed by atoms with Crippen LogP contribution in [0.3, 0.4) is 0 Å². The second kappa shape index (κ2) is 21.4. The molecule has 64 heavy (non-hydrogen) atoms. The summed E-state index contributed by atoms with van der Waals surface area (Å²) in [5.74, 6) is 2.29. The van der Waals surface area contributed by atoms with Crippen molar-refractivity contribution in [2.45, 2.75) is 67.1 Å². The first-order valence-corrected chi connectivity index (χ1v) is 25.7. The lowest BCUT2D eigenvalue weighted by molar-refractivity contribution is 0.463. The molecule has 0 saturated heterocycles. The van der Waals surface area contributed by atoms with Crippen LogP contribution in [0.25, 0.3) is 33.4 Å². The van der Waals surface area contributed by atoms with Gasteiger partial charge in [-0.3, -0.25) is 0 Å². The maximum absolute atomic E-state index is 12.9. The van der Waals surface area contributed by atoms with Crippen molar-refractivity contribution in [1.82, 2.24) is 4.58 Å². The number of anilines is 2. The van der Waals surface area contributed by atoms with Gasteiger partial charge in [0, 0.05) is 79.3 Å². The van der Waals surface area contributed by atoms with Crippen molar-refractivity contribution in [3.05, 3.63) is 186 Å². The van der Waals surface area contributed by atoms with Gasteiger partial charge in [0.15, 0.2) is 6.54 Å². The second-order valence-corrected chi connectivity index (χ2v) is 19.6. The van der Waals surface area contributed by atoms with Crippen molar-refractivity contribution in [2.24, 2.45) is 0 Å². The molecule has 326 valence electrons. The summed E-state index contributed by atoms with van der Waals surface area (Å²) < 4.78 is 48.2. The third-order valence-electron chi connectivity index (χ3n) is 11.6. The van der Waals surface area contributed by atoms with E-state index in [-0.39, 0.29) is 4.90 Å². The van der Waals surface area contributed by atoms with Gasteiger partial charge in [0.1, 0.15) is 21.5 Å². The molecule has 2 aliphatic rings. The lowest BCUT2D eigenvalue weighted by Gasteiger charge is -2.28. The monoisotopic (exact) mass is 902 g/mol. The molecule has 9 heteroatoms. The van der Waals surface area contributed by atoms with E-state index in [4.69, 9.17) is 4.42 Å². The van der Waals surface area contributed by atoms with E-state index in [0.29, 0.717) is 22.5 Å². The molecule has 1 aliphatic carbocycles. The average molecular weight is 903 g/mol. The van der Waals surface area contributed by atoms with E-state index in [0.717, 1.165) is 96.5 Å². The summed E-state index contributed by atoms with van der Waals surface area (Å²) in [6.45, 7) is 5.92. The first-order valence-electron chi connectivity index (χ1n) is 22.3. The number of nitrogens with zero attached hydrogens (tertiary/aromatic N) is 2. The Morgan fingerprint density at radius 1 is 0.625 bits per heavy atom. The molecule has 6 aromatic carbocycles. The Morgan fingerprint density at radius 2 is 1.25 bits per heavy atom. The summed E-state index contributed by atoms with van der Waals surface area (Å²) in [5, 5.41) is 1.68. The summed E-state index contributed by atoms with van der Waals surface area (Å²) >= 11 is 3.65. The Bertz CT molecular complexity index is 2970. The third-order valence-corrected chi connectivity index (χ3v) is 14.4. The minimum absolute atomic E-state index is 0.259. The Balaban J connectivity index is 1.34. The van der Waals surface area contributed by atoms with Crippen molar-refractivity contribution in [3.8, 4) is 22.5 Å². The van der Waals surface area contributed by atoms with Crippen molar-refractivity contribution in [1.29, 1.82) is 0 Å². The van der Waals surface area contributed by atoms with Gasteiger partial charge in [-0.25, -0.2) is 8.42 Å². The molecular formula is C55H54N2O4S3.